The summed E-state index contributed by atoms with van der Waals surface area (Å²) in [5.74, 6) is 0.631. The number of pyridine rings is 1. The molecule has 82 valence electrons. The van der Waals surface area contributed by atoms with E-state index in [1.165, 1.54) is 6.42 Å². The summed E-state index contributed by atoms with van der Waals surface area (Å²) < 4.78 is 5.07. The van der Waals surface area contributed by atoms with Crippen LogP contribution in [0.5, 0.6) is 5.88 Å². The maximum atomic E-state index is 5.78. The zero-order chi connectivity index (χ0) is 10.7. The monoisotopic (exact) mass is 207 g/mol. The minimum absolute atomic E-state index is 0.104. The molecule has 1 saturated carbocycles. The highest BCUT2D eigenvalue weighted by atomic mass is 16.5. The normalized spacial score (nSPS) is 18.0. The van der Waals surface area contributed by atoms with Crippen LogP contribution in [0.15, 0.2) is 18.3 Å². The Morgan fingerprint density at radius 1 is 1.60 bits per heavy atom. The molecule has 0 aliphatic heterocycles. The van der Waals surface area contributed by atoms with Gasteiger partial charge < -0.3 is 15.8 Å². The summed E-state index contributed by atoms with van der Waals surface area (Å²) in [6.45, 7) is 0.678. The van der Waals surface area contributed by atoms with E-state index >= 15 is 0 Å². The van der Waals surface area contributed by atoms with Gasteiger partial charge in [0.25, 0.3) is 0 Å². The van der Waals surface area contributed by atoms with Gasteiger partial charge in [0.2, 0.25) is 5.88 Å². The minimum Gasteiger partial charge on any atom is -0.481 e. The molecule has 1 aliphatic carbocycles. The van der Waals surface area contributed by atoms with Gasteiger partial charge in [-0.3, -0.25) is 0 Å². The topological polar surface area (TPSA) is 60.2 Å². The Balaban J connectivity index is 2.09. The standard InChI is InChI=1S/C11H17N3O/c1-15-10-7-9(3-6-13-10)14-11(8-12)4-2-5-11/h3,6-7H,2,4-5,8,12H2,1H3,(H,13,14). The highest BCUT2D eigenvalue weighted by molar-refractivity contribution is 5.48. The molecular formula is C11H17N3O. The molecule has 1 aromatic rings. The van der Waals surface area contributed by atoms with Crippen molar-refractivity contribution in [3.05, 3.63) is 18.3 Å². The van der Waals surface area contributed by atoms with Gasteiger partial charge in [0, 0.05) is 30.0 Å². The van der Waals surface area contributed by atoms with Crippen LogP contribution in [-0.4, -0.2) is 24.2 Å². The number of hydrogen-bond donors (Lipinski definition) is 2. The van der Waals surface area contributed by atoms with Crippen molar-refractivity contribution in [1.29, 1.82) is 0 Å². The van der Waals surface area contributed by atoms with E-state index in [0.717, 1.165) is 18.5 Å². The van der Waals surface area contributed by atoms with Crippen molar-refractivity contribution >= 4 is 5.69 Å². The minimum atomic E-state index is 0.104. The van der Waals surface area contributed by atoms with Gasteiger partial charge in [0.1, 0.15) is 0 Å². The number of nitrogens with two attached hydrogens (primary N) is 1. The average Bonchev–Trinajstić information content (AvgIpc) is 2.24. The van der Waals surface area contributed by atoms with Crippen LogP contribution >= 0.6 is 0 Å². The third-order valence-corrected chi connectivity index (χ3v) is 3.05. The van der Waals surface area contributed by atoms with Gasteiger partial charge in [-0.15, -0.1) is 0 Å². The number of aromatic nitrogens is 1. The summed E-state index contributed by atoms with van der Waals surface area (Å²) in [7, 11) is 1.62. The Morgan fingerprint density at radius 3 is 2.93 bits per heavy atom. The van der Waals surface area contributed by atoms with Crippen LogP contribution in [0.25, 0.3) is 0 Å². The molecule has 1 fully saturated rings. The van der Waals surface area contributed by atoms with Gasteiger partial charge in [-0.1, -0.05) is 0 Å². The van der Waals surface area contributed by atoms with Crippen molar-refractivity contribution in [1.82, 2.24) is 4.98 Å². The Kier molecular flexibility index (Phi) is 2.77. The molecule has 0 spiro atoms. The van der Waals surface area contributed by atoms with Crippen molar-refractivity contribution in [2.45, 2.75) is 24.8 Å². The SMILES string of the molecule is COc1cc(NC2(CN)CCC2)ccn1. The quantitative estimate of drug-likeness (QED) is 0.783. The van der Waals surface area contributed by atoms with Gasteiger partial charge in [0.05, 0.1) is 7.11 Å². The van der Waals surface area contributed by atoms with Crippen LogP contribution in [-0.2, 0) is 0 Å². The molecule has 15 heavy (non-hydrogen) atoms. The fraction of sp³-hybridized carbons (Fsp3) is 0.545. The lowest BCUT2D eigenvalue weighted by atomic mass is 9.76. The molecule has 2 rings (SSSR count). The first-order chi connectivity index (χ1) is 7.28. The fourth-order valence-corrected chi connectivity index (χ4v) is 1.89. The van der Waals surface area contributed by atoms with Gasteiger partial charge in [-0.2, -0.15) is 0 Å². The number of hydrogen-bond acceptors (Lipinski definition) is 4. The lowest BCUT2D eigenvalue weighted by Gasteiger charge is -2.42. The summed E-state index contributed by atoms with van der Waals surface area (Å²) in [6.07, 6.45) is 5.29. The number of rotatable bonds is 4. The molecule has 1 aromatic heterocycles. The first-order valence-electron chi connectivity index (χ1n) is 5.26. The summed E-state index contributed by atoms with van der Waals surface area (Å²) >= 11 is 0. The van der Waals surface area contributed by atoms with E-state index in [4.69, 9.17) is 10.5 Å². The predicted octanol–water partition coefficient (Wildman–Crippen LogP) is 1.38. The smallest absolute Gasteiger partial charge is 0.214 e. The fourth-order valence-electron chi connectivity index (χ4n) is 1.89. The summed E-state index contributed by atoms with van der Waals surface area (Å²) in [6, 6.07) is 3.84. The second kappa shape index (κ2) is 4.06. The maximum Gasteiger partial charge on any atom is 0.214 e. The zero-order valence-corrected chi connectivity index (χ0v) is 8.99. The van der Waals surface area contributed by atoms with E-state index in [1.807, 2.05) is 12.1 Å². The zero-order valence-electron chi connectivity index (χ0n) is 8.99. The molecule has 1 heterocycles. The van der Waals surface area contributed by atoms with Crippen molar-refractivity contribution in [3.8, 4) is 5.88 Å². The molecule has 1 aliphatic rings. The molecule has 0 atom stereocenters. The first-order valence-corrected chi connectivity index (χ1v) is 5.26. The molecule has 0 aromatic carbocycles. The second-order valence-corrected chi connectivity index (χ2v) is 4.05. The lowest BCUT2D eigenvalue weighted by molar-refractivity contribution is 0.287. The summed E-state index contributed by atoms with van der Waals surface area (Å²) in [4.78, 5) is 4.06. The van der Waals surface area contributed by atoms with Gasteiger partial charge in [-0.05, 0) is 25.3 Å². The third kappa shape index (κ3) is 2.04. The first kappa shape index (κ1) is 10.2. The molecule has 4 heteroatoms. The molecule has 0 radical (unpaired) electrons. The molecule has 0 bridgehead atoms. The van der Waals surface area contributed by atoms with Crippen LogP contribution in [0, 0.1) is 0 Å². The molecule has 0 saturated heterocycles. The molecule has 4 nitrogen and oxygen atoms in total. The Morgan fingerprint density at radius 2 is 2.40 bits per heavy atom. The lowest BCUT2D eigenvalue weighted by Crippen LogP contribution is -2.51. The van der Waals surface area contributed by atoms with E-state index in [2.05, 4.69) is 10.3 Å². The largest absolute Gasteiger partial charge is 0.481 e. The van der Waals surface area contributed by atoms with E-state index in [-0.39, 0.29) is 5.54 Å². The van der Waals surface area contributed by atoms with Crippen LogP contribution in [0.2, 0.25) is 0 Å². The third-order valence-electron chi connectivity index (χ3n) is 3.05. The molecule has 3 N–H and O–H groups in total. The Hall–Kier alpha value is -1.29. The Labute approximate surface area is 89.8 Å². The van der Waals surface area contributed by atoms with Gasteiger partial charge in [0.15, 0.2) is 0 Å². The van der Waals surface area contributed by atoms with Gasteiger partial charge >= 0.3 is 0 Å². The van der Waals surface area contributed by atoms with E-state index in [9.17, 15) is 0 Å². The number of anilines is 1. The number of nitrogens with one attached hydrogen (secondary N) is 1. The number of nitrogens with zero attached hydrogens (tertiary/aromatic N) is 1. The molecule has 0 unspecified atom stereocenters. The van der Waals surface area contributed by atoms with Crippen LogP contribution < -0.4 is 15.8 Å². The van der Waals surface area contributed by atoms with Crippen molar-refractivity contribution < 1.29 is 4.74 Å². The summed E-state index contributed by atoms with van der Waals surface area (Å²) in [5, 5.41) is 3.47. The van der Waals surface area contributed by atoms with E-state index in [1.54, 1.807) is 13.3 Å². The highest BCUT2D eigenvalue weighted by Gasteiger charge is 2.35. The van der Waals surface area contributed by atoms with E-state index in [0.29, 0.717) is 12.4 Å². The second-order valence-electron chi connectivity index (χ2n) is 4.05. The molecule has 0 amide bonds. The molecular weight excluding hydrogens is 190 g/mol. The predicted molar refractivity (Wildman–Crippen MR) is 60.0 cm³/mol. The maximum absolute atomic E-state index is 5.78. The highest BCUT2D eigenvalue weighted by Crippen LogP contribution is 2.34. The number of ether oxygens (including phenoxy) is 1. The van der Waals surface area contributed by atoms with Crippen LogP contribution in [0.1, 0.15) is 19.3 Å². The van der Waals surface area contributed by atoms with Crippen LogP contribution in [0.4, 0.5) is 5.69 Å². The van der Waals surface area contributed by atoms with Gasteiger partial charge in [-0.25, -0.2) is 4.98 Å². The average molecular weight is 207 g/mol. The summed E-state index contributed by atoms with van der Waals surface area (Å²) in [5.41, 5.74) is 6.92. The Bertz CT molecular complexity index is 331. The van der Waals surface area contributed by atoms with E-state index < -0.39 is 0 Å². The van der Waals surface area contributed by atoms with Crippen molar-refractivity contribution in [3.63, 3.8) is 0 Å². The van der Waals surface area contributed by atoms with Crippen molar-refractivity contribution in [2.75, 3.05) is 19.0 Å². The number of methoxy groups -OCH3 is 1. The van der Waals surface area contributed by atoms with Crippen molar-refractivity contribution in [2.24, 2.45) is 5.73 Å². The van der Waals surface area contributed by atoms with Crippen LogP contribution in [0.3, 0.4) is 0 Å².